The number of amides is 1. The third-order valence-corrected chi connectivity index (χ3v) is 4.36. The smallest absolute Gasteiger partial charge is 0.269 e. The number of fused-ring (bicyclic) bond motifs is 1. The molecule has 3 rings (SSSR count). The van der Waals surface area contributed by atoms with Gasteiger partial charge in [-0.25, -0.2) is 4.98 Å². The maximum atomic E-state index is 12.1. The van der Waals surface area contributed by atoms with E-state index in [1.54, 1.807) is 12.1 Å². The van der Waals surface area contributed by atoms with E-state index in [4.69, 9.17) is 4.74 Å². The van der Waals surface area contributed by atoms with Crippen molar-refractivity contribution in [1.29, 1.82) is 0 Å². The topological polar surface area (TPSA) is 94.4 Å². The van der Waals surface area contributed by atoms with Crippen LogP contribution in [0.15, 0.2) is 42.5 Å². The Hall–Kier alpha value is -3.00. The number of nitro groups is 1. The first-order chi connectivity index (χ1) is 12.0. The molecular weight excluding hydrogens is 342 g/mol. The molecule has 0 aliphatic carbocycles. The molecule has 0 saturated heterocycles. The van der Waals surface area contributed by atoms with Gasteiger partial charge in [-0.3, -0.25) is 14.9 Å². The van der Waals surface area contributed by atoms with E-state index in [1.165, 1.54) is 23.5 Å². The van der Waals surface area contributed by atoms with Crippen molar-refractivity contribution in [3.05, 3.63) is 58.1 Å². The minimum Gasteiger partial charge on any atom is -0.494 e. The van der Waals surface area contributed by atoms with Crippen LogP contribution in [0.25, 0.3) is 10.2 Å². The highest BCUT2D eigenvalue weighted by Crippen LogP contribution is 2.29. The fraction of sp³-hybridized carbons (Fsp3) is 0.176. The standard InChI is InChI=1S/C17H15N3O4S/c1-2-24-13-7-8-14-15(10-13)25-17(18-14)19-16(21)9-11-3-5-12(6-4-11)20(22)23/h3-8,10H,2,9H2,1H3,(H,18,19,21). The molecule has 8 heteroatoms. The molecule has 128 valence electrons. The van der Waals surface area contributed by atoms with Crippen LogP contribution in [0.3, 0.4) is 0 Å². The zero-order valence-corrected chi connectivity index (χ0v) is 14.2. The van der Waals surface area contributed by atoms with Gasteiger partial charge in [0, 0.05) is 12.1 Å². The summed E-state index contributed by atoms with van der Waals surface area (Å²) in [4.78, 5) is 26.7. The summed E-state index contributed by atoms with van der Waals surface area (Å²) in [7, 11) is 0. The van der Waals surface area contributed by atoms with Crippen molar-refractivity contribution >= 4 is 38.3 Å². The van der Waals surface area contributed by atoms with Crippen LogP contribution in [-0.4, -0.2) is 22.4 Å². The summed E-state index contributed by atoms with van der Waals surface area (Å²) >= 11 is 1.37. The minimum atomic E-state index is -0.471. The fourth-order valence-electron chi connectivity index (χ4n) is 2.30. The van der Waals surface area contributed by atoms with Crippen LogP contribution in [0.5, 0.6) is 5.75 Å². The Kier molecular flexibility index (Phi) is 4.90. The maximum Gasteiger partial charge on any atom is 0.269 e. The Bertz CT molecular complexity index is 921. The number of nitrogens with zero attached hydrogens (tertiary/aromatic N) is 2. The van der Waals surface area contributed by atoms with E-state index in [0.717, 1.165) is 16.0 Å². The van der Waals surface area contributed by atoms with Crippen molar-refractivity contribution < 1.29 is 14.5 Å². The lowest BCUT2D eigenvalue weighted by molar-refractivity contribution is -0.384. The van der Waals surface area contributed by atoms with Gasteiger partial charge in [0.1, 0.15) is 5.75 Å². The fourth-order valence-corrected chi connectivity index (χ4v) is 3.21. The molecule has 0 spiro atoms. The molecule has 0 aliphatic rings. The van der Waals surface area contributed by atoms with Gasteiger partial charge in [0.15, 0.2) is 5.13 Å². The molecule has 1 N–H and O–H groups in total. The molecule has 1 aromatic heterocycles. The van der Waals surface area contributed by atoms with Crippen LogP contribution in [0.2, 0.25) is 0 Å². The number of hydrogen-bond acceptors (Lipinski definition) is 6. The number of rotatable bonds is 6. The summed E-state index contributed by atoms with van der Waals surface area (Å²) in [6, 6.07) is 11.5. The molecule has 7 nitrogen and oxygen atoms in total. The molecule has 2 aromatic carbocycles. The van der Waals surface area contributed by atoms with Crippen LogP contribution in [0.1, 0.15) is 12.5 Å². The highest BCUT2D eigenvalue weighted by atomic mass is 32.1. The number of non-ortho nitro benzene ring substituents is 1. The Morgan fingerprint density at radius 3 is 2.72 bits per heavy atom. The van der Waals surface area contributed by atoms with Gasteiger partial charge in [0.2, 0.25) is 5.91 Å². The zero-order valence-electron chi connectivity index (χ0n) is 13.4. The maximum absolute atomic E-state index is 12.1. The van der Waals surface area contributed by atoms with E-state index in [0.29, 0.717) is 17.3 Å². The van der Waals surface area contributed by atoms with Gasteiger partial charge in [0.05, 0.1) is 28.2 Å². The Balaban J connectivity index is 1.67. The molecule has 0 aliphatic heterocycles. The number of hydrogen-bond donors (Lipinski definition) is 1. The number of carbonyl (C=O) groups is 1. The van der Waals surface area contributed by atoms with Gasteiger partial charge in [-0.1, -0.05) is 23.5 Å². The summed E-state index contributed by atoms with van der Waals surface area (Å²) in [6.45, 7) is 2.50. The second kappa shape index (κ2) is 7.27. The van der Waals surface area contributed by atoms with Crippen molar-refractivity contribution in [2.24, 2.45) is 0 Å². The average molecular weight is 357 g/mol. The number of anilines is 1. The summed E-state index contributed by atoms with van der Waals surface area (Å²) in [5, 5.41) is 13.9. The first-order valence-electron chi connectivity index (χ1n) is 7.61. The van der Waals surface area contributed by atoms with Crippen molar-refractivity contribution in [1.82, 2.24) is 4.98 Å². The second-order valence-corrected chi connectivity index (χ2v) is 6.26. The highest BCUT2D eigenvalue weighted by Gasteiger charge is 2.11. The van der Waals surface area contributed by atoms with Gasteiger partial charge in [-0.05, 0) is 30.7 Å². The Morgan fingerprint density at radius 1 is 1.28 bits per heavy atom. The molecule has 0 radical (unpaired) electrons. The third-order valence-electron chi connectivity index (χ3n) is 3.43. The summed E-state index contributed by atoms with van der Waals surface area (Å²) in [5.41, 5.74) is 1.49. The average Bonchev–Trinajstić information content (AvgIpc) is 2.96. The predicted molar refractivity (Wildman–Crippen MR) is 96.2 cm³/mol. The van der Waals surface area contributed by atoms with Gasteiger partial charge >= 0.3 is 0 Å². The first kappa shape index (κ1) is 16.8. The second-order valence-electron chi connectivity index (χ2n) is 5.23. The third kappa shape index (κ3) is 4.10. The molecule has 1 heterocycles. The quantitative estimate of drug-likeness (QED) is 0.535. The minimum absolute atomic E-state index is 0.000401. The van der Waals surface area contributed by atoms with Crippen LogP contribution < -0.4 is 10.1 Å². The van der Waals surface area contributed by atoms with E-state index < -0.39 is 4.92 Å². The number of ether oxygens (including phenoxy) is 1. The van der Waals surface area contributed by atoms with E-state index in [9.17, 15) is 14.9 Å². The summed E-state index contributed by atoms with van der Waals surface area (Å²) in [5.74, 6) is 0.542. The molecule has 0 atom stereocenters. The molecule has 0 bridgehead atoms. The van der Waals surface area contributed by atoms with Gasteiger partial charge in [-0.2, -0.15) is 0 Å². The first-order valence-corrected chi connectivity index (χ1v) is 8.43. The van der Waals surface area contributed by atoms with Crippen molar-refractivity contribution in [3.63, 3.8) is 0 Å². The molecule has 0 fully saturated rings. The monoisotopic (exact) mass is 357 g/mol. The number of nitro benzene ring substituents is 1. The SMILES string of the molecule is CCOc1ccc2nc(NC(=O)Cc3ccc([N+](=O)[O-])cc3)sc2c1. The molecule has 25 heavy (non-hydrogen) atoms. The molecule has 0 saturated carbocycles. The van der Waals surface area contributed by atoms with Gasteiger partial charge in [0.25, 0.3) is 5.69 Å². The van der Waals surface area contributed by atoms with Crippen LogP contribution in [-0.2, 0) is 11.2 Å². The number of benzene rings is 2. The van der Waals surface area contributed by atoms with E-state index in [1.807, 2.05) is 25.1 Å². The normalized spacial score (nSPS) is 10.6. The van der Waals surface area contributed by atoms with Crippen molar-refractivity contribution in [3.8, 4) is 5.75 Å². The number of carbonyl (C=O) groups excluding carboxylic acids is 1. The molecule has 1 amide bonds. The van der Waals surface area contributed by atoms with Crippen LogP contribution in [0.4, 0.5) is 10.8 Å². The lowest BCUT2D eigenvalue weighted by atomic mass is 10.1. The van der Waals surface area contributed by atoms with Crippen LogP contribution >= 0.6 is 11.3 Å². The van der Waals surface area contributed by atoms with E-state index in [-0.39, 0.29) is 18.0 Å². The van der Waals surface area contributed by atoms with Crippen LogP contribution in [0, 0.1) is 10.1 Å². The molecular formula is C17H15N3O4S. The zero-order chi connectivity index (χ0) is 17.8. The molecule has 0 unspecified atom stereocenters. The lowest BCUT2D eigenvalue weighted by Gasteiger charge is -2.01. The van der Waals surface area contributed by atoms with Gasteiger partial charge in [-0.15, -0.1) is 0 Å². The molecule has 3 aromatic rings. The Morgan fingerprint density at radius 2 is 2.04 bits per heavy atom. The number of aromatic nitrogens is 1. The summed E-state index contributed by atoms with van der Waals surface area (Å²) in [6.07, 6.45) is 0.123. The number of nitrogens with one attached hydrogen (secondary N) is 1. The Labute approximate surface area is 147 Å². The summed E-state index contributed by atoms with van der Waals surface area (Å²) < 4.78 is 6.38. The lowest BCUT2D eigenvalue weighted by Crippen LogP contribution is -2.14. The van der Waals surface area contributed by atoms with E-state index >= 15 is 0 Å². The van der Waals surface area contributed by atoms with Crippen molar-refractivity contribution in [2.45, 2.75) is 13.3 Å². The van der Waals surface area contributed by atoms with Gasteiger partial charge < -0.3 is 10.1 Å². The van der Waals surface area contributed by atoms with Crippen molar-refractivity contribution in [2.75, 3.05) is 11.9 Å². The largest absolute Gasteiger partial charge is 0.494 e. The van der Waals surface area contributed by atoms with E-state index in [2.05, 4.69) is 10.3 Å². The predicted octanol–water partition coefficient (Wildman–Crippen LogP) is 3.78. The highest BCUT2D eigenvalue weighted by molar-refractivity contribution is 7.22. The number of thiazole rings is 1.